The van der Waals surface area contributed by atoms with Gasteiger partial charge in [0.1, 0.15) is 5.82 Å². The second kappa shape index (κ2) is 6.04. The van der Waals surface area contributed by atoms with Crippen molar-refractivity contribution in [3.05, 3.63) is 42.0 Å². The van der Waals surface area contributed by atoms with Crippen molar-refractivity contribution in [1.82, 2.24) is 9.88 Å². The van der Waals surface area contributed by atoms with Gasteiger partial charge < -0.3 is 15.5 Å². The monoisotopic (exact) mass is 293 g/mol. The van der Waals surface area contributed by atoms with Gasteiger partial charge in [0.15, 0.2) is 0 Å². The van der Waals surface area contributed by atoms with Crippen LogP contribution in [0.2, 0.25) is 0 Å². The second-order valence-electron chi connectivity index (χ2n) is 5.61. The number of pyridine rings is 1. The summed E-state index contributed by atoms with van der Waals surface area (Å²) in [6.07, 6.45) is 0. The fraction of sp³-hybridized carbons (Fsp3) is 0.294. The molecular formula is C17H19N5. The highest BCUT2D eigenvalue weighted by atomic mass is 15.2. The maximum atomic E-state index is 8.88. The number of rotatable bonds is 2. The molecule has 1 fully saturated rings. The minimum absolute atomic E-state index is 0.524. The van der Waals surface area contributed by atoms with Crippen LogP contribution in [-0.2, 0) is 0 Å². The Kier molecular flexibility index (Phi) is 3.94. The van der Waals surface area contributed by atoms with Gasteiger partial charge in [-0.15, -0.1) is 0 Å². The third-order valence-corrected chi connectivity index (χ3v) is 4.01. The molecule has 0 bridgehead atoms. The Balaban J connectivity index is 1.90. The van der Waals surface area contributed by atoms with Crippen molar-refractivity contribution >= 4 is 11.5 Å². The molecular weight excluding hydrogens is 274 g/mol. The quantitative estimate of drug-likeness (QED) is 0.916. The summed E-state index contributed by atoms with van der Waals surface area (Å²) in [5.74, 6) is 0.524. The summed E-state index contributed by atoms with van der Waals surface area (Å²) < 4.78 is 0. The van der Waals surface area contributed by atoms with Gasteiger partial charge in [0.05, 0.1) is 17.3 Å². The summed E-state index contributed by atoms with van der Waals surface area (Å²) in [5.41, 5.74) is 9.56. The summed E-state index contributed by atoms with van der Waals surface area (Å²) in [4.78, 5) is 9.09. The first kappa shape index (κ1) is 14.4. The molecule has 1 aromatic carbocycles. The third kappa shape index (κ3) is 3.02. The first-order chi connectivity index (χ1) is 10.7. The highest BCUT2D eigenvalue weighted by molar-refractivity contribution is 5.68. The molecule has 1 aromatic heterocycles. The van der Waals surface area contributed by atoms with Crippen molar-refractivity contribution in [3.63, 3.8) is 0 Å². The molecule has 0 aliphatic carbocycles. The number of hydrogen-bond donors (Lipinski definition) is 1. The molecule has 2 aromatic rings. The number of nitrogens with two attached hydrogens (primary N) is 1. The lowest BCUT2D eigenvalue weighted by Gasteiger charge is -2.34. The fourth-order valence-electron chi connectivity index (χ4n) is 2.65. The zero-order valence-electron chi connectivity index (χ0n) is 12.7. The van der Waals surface area contributed by atoms with E-state index in [9.17, 15) is 0 Å². The van der Waals surface area contributed by atoms with Crippen LogP contribution in [0.25, 0.3) is 11.3 Å². The first-order valence-corrected chi connectivity index (χ1v) is 7.37. The van der Waals surface area contributed by atoms with Gasteiger partial charge in [-0.1, -0.05) is 12.1 Å². The average Bonchev–Trinajstić information content (AvgIpc) is 2.55. The summed E-state index contributed by atoms with van der Waals surface area (Å²) in [6.45, 7) is 4.09. The minimum atomic E-state index is 0.524. The van der Waals surface area contributed by atoms with Gasteiger partial charge in [0.2, 0.25) is 0 Å². The molecule has 0 atom stereocenters. The average molecular weight is 293 g/mol. The summed E-state index contributed by atoms with van der Waals surface area (Å²) in [6, 6.07) is 13.6. The summed E-state index contributed by atoms with van der Waals surface area (Å²) in [7, 11) is 2.14. The Morgan fingerprint density at radius 1 is 1.09 bits per heavy atom. The highest BCUT2D eigenvalue weighted by Gasteiger charge is 2.15. The fourth-order valence-corrected chi connectivity index (χ4v) is 2.65. The molecule has 2 N–H and O–H groups in total. The number of piperazine rings is 1. The van der Waals surface area contributed by atoms with Crippen molar-refractivity contribution in [1.29, 1.82) is 5.26 Å². The van der Waals surface area contributed by atoms with E-state index in [1.807, 2.05) is 18.2 Å². The van der Waals surface area contributed by atoms with Crippen LogP contribution >= 0.6 is 0 Å². The van der Waals surface area contributed by atoms with E-state index >= 15 is 0 Å². The van der Waals surface area contributed by atoms with Gasteiger partial charge in [-0.05, 0) is 25.2 Å². The smallest absolute Gasteiger partial charge is 0.126 e. The van der Waals surface area contributed by atoms with Gasteiger partial charge in [-0.3, -0.25) is 0 Å². The molecule has 0 saturated carbocycles. The number of aromatic nitrogens is 1. The van der Waals surface area contributed by atoms with Crippen LogP contribution in [0.3, 0.4) is 0 Å². The highest BCUT2D eigenvalue weighted by Crippen LogP contribution is 2.26. The topological polar surface area (TPSA) is 69.2 Å². The van der Waals surface area contributed by atoms with E-state index in [0.29, 0.717) is 11.4 Å². The molecule has 1 aliphatic heterocycles. The number of likely N-dealkylation sites (N-methyl/N-ethyl adjacent to an activating group) is 1. The molecule has 2 heterocycles. The SMILES string of the molecule is CN1CCN(c2cc(N)nc(-c3ccc(C#N)cc3)c2)CC1. The van der Waals surface area contributed by atoms with Gasteiger partial charge in [0, 0.05) is 43.5 Å². The lowest BCUT2D eigenvalue weighted by atomic mass is 10.1. The molecule has 5 nitrogen and oxygen atoms in total. The molecule has 22 heavy (non-hydrogen) atoms. The molecule has 0 amide bonds. The van der Waals surface area contributed by atoms with Crippen molar-refractivity contribution < 1.29 is 0 Å². The predicted octanol–water partition coefficient (Wildman–Crippen LogP) is 1.95. The standard InChI is InChI=1S/C17H19N5/c1-21-6-8-22(9-7-21)15-10-16(20-17(19)11-15)14-4-2-13(12-18)3-5-14/h2-5,10-11H,6-9H2,1H3,(H2,19,20). The van der Waals surface area contributed by atoms with Crippen LogP contribution < -0.4 is 10.6 Å². The van der Waals surface area contributed by atoms with E-state index in [-0.39, 0.29) is 0 Å². The normalized spacial score (nSPS) is 15.5. The number of anilines is 2. The van der Waals surface area contributed by atoms with E-state index in [2.05, 4.69) is 34.0 Å². The maximum Gasteiger partial charge on any atom is 0.126 e. The number of nitriles is 1. The number of nitrogen functional groups attached to an aromatic ring is 1. The van der Waals surface area contributed by atoms with Crippen molar-refractivity contribution in [2.75, 3.05) is 43.9 Å². The van der Waals surface area contributed by atoms with E-state index in [1.54, 1.807) is 12.1 Å². The lowest BCUT2D eigenvalue weighted by molar-refractivity contribution is 0.313. The van der Waals surface area contributed by atoms with E-state index < -0.39 is 0 Å². The maximum absolute atomic E-state index is 8.88. The molecule has 0 unspecified atom stereocenters. The Morgan fingerprint density at radius 2 is 1.77 bits per heavy atom. The Morgan fingerprint density at radius 3 is 2.41 bits per heavy atom. The van der Waals surface area contributed by atoms with Gasteiger partial charge in [0.25, 0.3) is 0 Å². The van der Waals surface area contributed by atoms with Crippen molar-refractivity contribution in [2.24, 2.45) is 0 Å². The molecule has 3 rings (SSSR count). The van der Waals surface area contributed by atoms with Gasteiger partial charge >= 0.3 is 0 Å². The zero-order valence-corrected chi connectivity index (χ0v) is 12.7. The summed E-state index contributed by atoms with van der Waals surface area (Å²) >= 11 is 0. The predicted molar refractivity (Wildman–Crippen MR) is 88.5 cm³/mol. The van der Waals surface area contributed by atoms with Crippen LogP contribution in [0.4, 0.5) is 11.5 Å². The number of benzene rings is 1. The Bertz CT molecular complexity index is 694. The first-order valence-electron chi connectivity index (χ1n) is 7.37. The molecule has 1 aliphatic rings. The second-order valence-corrected chi connectivity index (χ2v) is 5.61. The van der Waals surface area contributed by atoms with E-state index in [1.165, 1.54) is 0 Å². The van der Waals surface area contributed by atoms with Crippen LogP contribution in [0.1, 0.15) is 5.56 Å². The zero-order chi connectivity index (χ0) is 15.5. The van der Waals surface area contributed by atoms with Crippen LogP contribution in [-0.4, -0.2) is 43.1 Å². The molecule has 5 heteroatoms. The van der Waals surface area contributed by atoms with E-state index in [0.717, 1.165) is 43.1 Å². The van der Waals surface area contributed by atoms with Crippen LogP contribution in [0, 0.1) is 11.3 Å². The summed E-state index contributed by atoms with van der Waals surface area (Å²) in [5, 5.41) is 8.88. The van der Waals surface area contributed by atoms with E-state index in [4.69, 9.17) is 11.0 Å². The Labute approximate surface area is 130 Å². The van der Waals surface area contributed by atoms with Gasteiger partial charge in [-0.25, -0.2) is 4.98 Å². The Hall–Kier alpha value is -2.58. The molecule has 1 saturated heterocycles. The molecule has 0 spiro atoms. The van der Waals surface area contributed by atoms with Crippen LogP contribution in [0.15, 0.2) is 36.4 Å². The van der Waals surface area contributed by atoms with Crippen molar-refractivity contribution in [2.45, 2.75) is 0 Å². The lowest BCUT2D eigenvalue weighted by Crippen LogP contribution is -2.44. The molecule has 112 valence electrons. The van der Waals surface area contributed by atoms with Crippen molar-refractivity contribution in [3.8, 4) is 17.3 Å². The largest absolute Gasteiger partial charge is 0.384 e. The van der Waals surface area contributed by atoms with Gasteiger partial charge in [-0.2, -0.15) is 5.26 Å². The number of nitrogens with zero attached hydrogens (tertiary/aromatic N) is 4. The third-order valence-electron chi connectivity index (χ3n) is 4.01. The minimum Gasteiger partial charge on any atom is -0.384 e. The number of hydrogen-bond acceptors (Lipinski definition) is 5. The molecule has 0 radical (unpaired) electrons. The van der Waals surface area contributed by atoms with Crippen LogP contribution in [0.5, 0.6) is 0 Å².